The van der Waals surface area contributed by atoms with Gasteiger partial charge in [-0.15, -0.1) is 0 Å². The number of halogens is 1. The number of hydrogen-bond donors (Lipinski definition) is 2. The van der Waals surface area contributed by atoms with E-state index in [-0.39, 0.29) is 16.3 Å². The van der Waals surface area contributed by atoms with Crippen LogP contribution in [0.15, 0.2) is 54.2 Å². The smallest absolute Gasteiger partial charge is 0.308 e. The zero-order valence-electron chi connectivity index (χ0n) is 13.3. The lowest BCUT2D eigenvalue weighted by atomic mass is 10.1. The monoisotopic (exact) mass is 358 g/mol. The van der Waals surface area contributed by atoms with Crippen molar-refractivity contribution >= 4 is 35.5 Å². The second kappa shape index (κ2) is 8.12. The Morgan fingerprint density at radius 1 is 1.08 bits per heavy atom. The number of esters is 1. The van der Waals surface area contributed by atoms with Crippen LogP contribution in [0.1, 0.15) is 22.8 Å². The van der Waals surface area contributed by atoms with Crippen LogP contribution >= 0.6 is 11.6 Å². The molecule has 0 fully saturated rings. The summed E-state index contributed by atoms with van der Waals surface area (Å²) in [5.41, 5.74) is 6.04. The highest BCUT2D eigenvalue weighted by Gasteiger charge is 2.14. The van der Waals surface area contributed by atoms with E-state index in [2.05, 4.69) is 5.32 Å². The number of amides is 2. The molecule has 0 aliphatic heterocycles. The zero-order chi connectivity index (χ0) is 18.4. The molecule has 6 nitrogen and oxygen atoms in total. The van der Waals surface area contributed by atoms with Gasteiger partial charge < -0.3 is 15.8 Å². The van der Waals surface area contributed by atoms with Gasteiger partial charge in [-0.2, -0.15) is 0 Å². The van der Waals surface area contributed by atoms with Gasteiger partial charge in [-0.3, -0.25) is 14.4 Å². The maximum atomic E-state index is 12.2. The Morgan fingerprint density at radius 2 is 1.72 bits per heavy atom. The minimum absolute atomic E-state index is 0.0924. The second-order valence-electron chi connectivity index (χ2n) is 5.02. The zero-order valence-corrected chi connectivity index (χ0v) is 14.0. The first-order valence-electron chi connectivity index (χ1n) is 7.22. The summed E-state index contributed by atoms with van der Waals surface area (Å²) in [7, 11) is 0. The van der Waals surface area contributed by atoms with Gasteiger partial charge in [0.25, 0.3) is 11.8 Å². The Labute approximate surface area is 149 Å². The predicted octanol–water partition coefficient (Wildman–Crippen LogP) is 2.52. The Kier molecular flexibility index (Phi) is 5.92. The largest absolute Gasteiger partial charge is 0.427 e. The number of ether oxygens (including phenoxy) is 1. The molecule has 0 radical (unpaired) electrons. The number of benzene rings is 2. The van der Waals surface area contributed by atoms with Crippen LogP contribution < -0.4 is 15.8 Å². The molecule has 0 bridgehead atoms. The van der Waals surface area contributed by atoms with Gasteiger partial charge in [0.05, 0.1) is 10.6 Å². The molecule has 3 N–H and O–H groups in total. The standard InChI is InChI=1S/C18H15ClN2O4/c1-11(22)25-13-8-6-12(7-9-13)10-16(17(20)23)21-18(24)14-4-2-3-5-15(14)19/h2-10H,1H3,(H2,20,23)(H,21,24). The van der Waals surface area contributed by atoms with Crippen LogP contribution in [0.4, 0.5) is 0 Å². The first-order chi connectivity index (χ1) is 11.9. The fourth-order valence-corrected chi connectivity index (χ4v) is 2.19. The van der Waals surface area contributed by atoms with E-state index >= 15 is 0 Å². The summed E-state index contributed by atoms with van der Waals surface area (Å²) in [6, 6.07) is 12.8. The van der Waals surface area contributed by atoms with E-state index in [9.17, 15) is 14.4 Å². The van der Waals surface area contributed by atoms with Gasteiger partial charge in [0, 0.05) is 6.92 Å². The fraction of sp³-hybridized carbons (Fsp3) is 0.0556. The number of hydrogen-bond acceptors (Lipinski definition) is 4. The molecule has 0 aliphatic carbocycles. The van der Waals surface area contributed by atoms with E-state index in [1.807, 2.05) is 0 Å². The first-order valence-corrected chi connectivity index (χ1v) is 7.60. The van der Waals surface area contributed by atoms with Gasteiger partial charge >= 0.3 is 5.97 Å². The van der Waals surface area contributed by atoms with Gasteiger partial charge in [-0.25, -0.2) is 0 Å². The summed E-state index contributed by atoms with van der Waals surface area (Å²) in [6.07, 6.45) is 1.41. The summed E-state index contributed by atoms with van der Waals surface area (Å²) < 4.78 is 4.92. The van der Waals surface area contributed by atoms with Crippen molar-refractivity contribution < 1.29 is 19.1 Å². The molecule has 2 aromatic carbocycles. The second-order valence-corrected chi connectivity index (χ2v) is 5.43. The molecule has 0 atom stereocenters. The van der Waals surface area contributed by atoms with E-state index < -0.39 is 17.8 Å². The Hall–Kier alpha value is -3.12. The minimum atomic E-state index is -0.801. The summed E-state index contributed by atoms with van der Waals surface area (Å²) in [4.78, 5) is 34.7. The van der Waals surface area contributed by atoms with E-state index in [0.717, 1.165) is 0 Å². The number of nitrogens with two attached hydrogens (primary N) is 1. The van der Waals surface area contributed by atoms with Crippen LogP contribution in [0.2, 0.25) is 5.02 Å². The van der Waals surface area contributed by atoms with Crippen molar-refractivity contribution in [3.8, 4) is 5.75 Å². The topological polar surface area (TPSA) is 98.5 Å². The molecule has 0 saturated carbocycles. The lowest BCUT2D eigenvalue weighted by Crippen LogP contribution is -2.31. The van der Waals surface area contributed by atoms with Crippen LogP contribution in [0.25, 0.3) is 6.08 Å². The molecule has 7 heteroatoms. The summed E-state index contributed by atoms with van der Waals surface area (Å²) in [6.45, 7) is 1.29. The molecule has 2 rings (SSSR count). The van der Waals surface area contributed by atoms with Gasteiger partial charge in [-0.05, 0) is 35.9 Å². The highest BCUT2D eigenvalue weighted by molar-refractivity contribution is 6.34. The molecule has 0 unspecified atom stereocenters. The number of carbonyl (C=O) groups is 3. The van der Waals surface area contributed by atoms with Crippen molar-refractivity contribution in [1.82, 2.24) is 5.32 Å². The van der Waals surface area contributed by atoms with Crippen LogP contribution in [-0.4, -0.2) is 17.8 Å². The van der Waals surface area contributed by atoms with Gasteiger partial charge in [0.1, 0.15) is 11.4 Å². The molecule has 2 amide bonds. The molecule has 0 aromatic heterocycles. The van der Waals surface area contributed by atoms with E-state index in [1.54, 1.807) is 42.5 Å². The van der Waals surface area contributed by atoms with Crippen LogP contribution in [-0.2, 0) is 9.59 Å². The highest BCUT2D eigenvalue weighted by atomic mass is 35.5. The van der Waals surface area contributed by atoms with Crippen molar-refractivity contribution in [3.05, 3.63) is 70.4 Å². The number of carbonyl (C=O) groups excluding carboxylic acids is 3. The Morgan fingerprint density at radius 3 is 2.28 bits per heavy atom. The number of rotatable bonds is 5. The van der Waals surface area contributed by atoms with Crippen LogP contribution in [0.3, 0.4) is 0 Å². The third kappa shape index (κ3) is 5.19. The maximum Gasteiger partial charge on any atom is 0.308 e. The summed E-state index contributed by atoms with van der Waals surface area (Å²) >= 11 is 5.96. The van der Waals surface area contributed by atoms with Crippen molar-refractivity contribution in [1.29, 1.82) is 0 Å². The lowest BCUT2D eigenvalue weighted by Gasteiger charge is -2.08. The molecular formula is C18H15ClN2O4. The van der Waals surface area contributed by atoms with Crippen molar-refractivity contribution in [2.24, 2.45) is 5.73 Å². The third-order valence-corrected chi connectivity index (χ3v) is 3.41. The average molecular weight is 359 g/mol. The maximum absolute atomic E-state index is 12.2. The normalized spacial score (nSPS) is 10.9. The van der Waals surface area contributed by atoms with Gasteiger partial charge in [-0.1, -0.05) is 35.9 Å². The van der Waals surface area contributed by atoms with E-state index in [0.29, 0.717) is 11.3 Å². The summed E-state index contributed by atoms with van der Waals surface area (Å²) in [5.74, 6) is -1.42. The SMILES string of the molecule is CC(=O)Oc1ccc(C=C(NC(=O)c2ccccc2Cl)C(N)=O)cc1. The third-order valence-electron chi connectivity index (χ3n) is 3.08. The Bertz CT molecular complexity index is 844. The quantitative estimate of drug-likeness (QED) is 0.487. The number of primary amides is 1. The van der Waals surface area contributed by atoms with E-state index in [4.69, 9.17) is 22.1 Å². The fourth-order valence-electron chi connectivity index (χ4n) is 1.97. The summed E-state index contributed by atoms with van der Waals surface area (Å²) in [5, 5.41) is 2.71. The highest BCUT2D eigenvalue weighted by Crippen LogP contribution is 2.17. The molecule has 0 heterocycles. The average Bonchev–Trinajstić information content (AvgIpc) is 2.55. The molecule has 0 saturated heterocycles. The molecule has 0 aliphatic rings. The molecule has 0 spiro atoms. The predicted molar refractivity (Wildman–Crippen MR) is 93.8 cm³/mol. The van der Waals surface area contributed by atoms with E-state index in [1.165, 1.54) is 19.1 Å². The molecular weight excluding hydrogens is 344 g/mol. The molecule has 128 valence electrons. The lowest BCUT2D eigenvalue weighted by molar-refractivity contribution is -0.131. The van der Waals surface area contributed by atoms with Crippen LogP contribution in [0.5, 0.6) is 5.75 Å². The van der Waals surface area contributed by atoms with Crippen molar-refractivity contribution in [2.75, 3.05) is 0 Å². The van der Waals surface area contributed by atoms with Crippen LogP contribution in [0, 0.1) is 0 Å². The molecule has 25 heavy (non-hydrogen) atoms. The van der Waals surface area contributed by atoms with Gasteiger partial charge in [0.15, 0.2) is 0 Å². The Balaban J connectivity index is 2.21. The minimum Gasteiger partial charge on any atom is -0.427 e. The van der Waals surface area contributed by atoms with Crippen molar-refractivity contribution in [3.63, 3.8) is 0 Å². The molecule has 2 aromatic rings. The van der Waals surface area contributed by atoms with Crippen molar-refractivity contribution in [2.45, 2.75) is 6.92 Å². The van der Waals surface area contributed by atoms with Gasteiger partial charge in [0.2, 0.25) is 0 Å². The first kappa shape index (κ1) is 18.2. The number of nitrogens with one attached hydrogen (secondary N) is 1.